The van der Waals surface area contributed by atoms with Gasteiger partial charge in [0.15, 0.2) is 6.10 Å². The minimum Gasteiger partial charge on any atom is -0.449 e. The van der Waals surface area contributed by atoms with Crippen LogP contribution in [0.4, 0.5) is 24.5 Å². The number of halogens is 3. The number of alkyl halides is 3. The van der Waals surface area contributed by atoms with Gasteiger partial charge in [0, 0.05) is 16.6 Å². The summed E-state index contributed by atoms with van der Waals surface area (Å²) in [5.41, 5.74) is -1.91. The molecule has 0 bridgehead atoms. The highest BCUT2D eigenvalue weighted by molar-refractivity contribution is 7.98. The molecule has 2 aromatic rings. The smallest absolute Gasteiger partial charge is 0.416 e. The summed E-state index contributed by atoms with van der Waals surface area (Å²) in [7, 11) is 0. The van der Waals surface area contributed by atoms with E-state index in [2.05, 4.69) is 5.32 Å². The maximum absolute atomic E-state index is 12.7. The summed E-state index contributed by atoms with van der Waals surface area (Å²) in [5, 5.41) is 13.3. The molecule has 7 nitrogen and oxygen atoms in total. The minimum atomic E-state index is -4.58. The number of carbonyl (C=O) groups excluding carboxylic acids is 2. The molecule has 29 heavy (non-hydrogen) atoms. The quantitative estimate of drug-likeness (QED) is 0.314. The summed E-state index contributed by atoms with van der Waals surface area (Å²) in [6.07, 6.45) is -4.28. The first-order chi connectivity index (χ1) is 13.5. The van der Waals surface area contributed by atoms with E-state index in [0.29, 0.717) is 4.90 Å². The highest BCUT2D eigenvalue weighted by atomic mass is 32.2. The molecule has 0 saturated heterocycles. The number of esters is 1. The molecule has 0 heterocycles. The first-order valence-corrected chi connectivity index (χ1v) is 9.27. The van der Waals surface area contributed by atoms with Gasteiger partial charge in [0.25, 0.3) is 11.6 Å². The number of amides is 1. The molecular weight excluding hydrogens is 413 g/mol. The Morgan fingerprint density at radius 3 is 2.48 bits per heavy atom. The molecule has 1 atom stereocenters. The van der Waals surface area contributed by atoms with Crippen LogP contribution < -0.4 is 5.32 Å². The maximum Gasteiger partial charge on any atom is 0.416 e. The summed E-state index contributed by atoms with van der Waals surface area (Å²) < 4.78 is 43.2. The summed E-state index contributed by atoms with van der Waals surface area (Å²) in [5.74, 6) is -1.99. The Hall–Kier alpha value is -3.08. The Balaban J connectivity index is 2.14. The van der Waals surface area contributed by atoms with Crippen LogP contribution in [0.15, 0.2) is 47.4 Å². The first-order valence-electron chi connectivity index (χ1n) is 8.04. The Morgan fingerprint density at radius 1 is 1.21 bits per heavy atom. The van der Waals surface area contributed by atoms with Gasteiger partial charge in [0.2, 0.25) is 0 Å². The van der Waals surface area contributed by atoms with Gasteiger partial charge in [-0.1, -0.05) is 6.07 Å². The van der Waals surface area contributed by atoms with E-state index < -0.39 is 40.3 Å². The number of benzene rings is 2. The lowest BCUT2D eigenvalue weighted by Gasteiger charge is -2.15. The predicted molar refractivity (Wildman–Crippen MR) is 99.8 cm³/mol. The summed E-state index contributed by atoms with van der Waals surface area (Å²) in [6.45, 7) is 1.20. The van der Waals surface area contributed by atoms with Crippen molar-refractivity contribution in [3.8, 4) is 0 Å². The fourth-order valence-corrected chi connectivity index (χ4v) is 2.70. The van der Waals surface area contributed by atoms with Crippen molar-refractivity contribution in [3.05, 3.63) is 63.7 Å². The van der Waals surface area contributed by atoms with E-state index in [9.17, 15) is 32.9 Å². The SMILES string of the molecule is CSc1ccc([N+](=O)[O-])c(C(=O)OC(C)C(=O)Nc2cccc(C(F)(F)F)c2)c1. The largest absolute Gasteiger partial charge is 0.449 e. The number of hydrogen-bond donors (Lipinski definition) is 1. The van der Waals surface area contributed by atoms with Gasteiger partial charge < -0.3 is 10.1 Å². The lowest BCUT2D eigenvalue weighted by molar-refractivity contribution is -0.385. The Bertz CT molecular complexity index is 949. The molecule has 1 unspecified atom stereocenters. The highest BCUT2D eigenvalue weighted by Crippen LogP contribution is 2.31. The van der Waals surface area contributed by atoms with Gasteiger partial charge in [-0.15, -0.1) is 11.8 Å². The van der Waals surface area contributed by atoms with Gasteiger partial charge in [-0.05, 0) is 43.5 Å². The lowest BCUT2D eigenvalue weighted by atomic mass is 10.2. The van der Waals surface area contributed by atoms with Crippen molar-refractivity contribution in [2.24, 2.45) is 0 Å². The highest BCUT2D eigenvalue weighted by Gasteiger charge is 2.31. The van der Waals surface area contributed by atoms with Crippen molar-refractivity contribution < 1.29 is 32.4 Å². The van der Waals surface area contributed by atoms with Crippen LogP contribution in [0.5, 0.6) is 0 Å². The van der Waals surface area contributed by atoms with Crippen LogP contribution in [-0.4, -0.2) is 29.2 Å². The third kappa shape index (κ3) is 5.70. The molecule has 0 aliphatic carbocycles. The molecule has 11 heteroatoms. The normalized spacial score (nSPS) is 12.2. The van der Waals surface area contributed by atoms with Crippen LogP contribution in [-0.2, 0) is 15.7 Å². The number of hydrogen-bond acceptors (Lipinski definition) is 6. The molecule has 0 radical (unpaired) electrons. The van der Waals surface area contributed by atoms with Crippen LogP contribution in [0, 0.1) is 10.1 Å². The summed E-state index contributed by atoms with van der Waals surface area (Å²) in [6, 6.07) is 7.82. The van der Waals surface area contributed by atoms with E-state index in [1.54, 1.807) is 6.26 Å². The average Bonchev–Trinajstić information content (AvgIpc) is 2.66. The molecule has 2 aromatic carbocycles. The van der Waals surface area contributed by atoms with Crippen molar-refractivity contribution in [1.29, 1.82) is 0 Å². The Morgan fingerprint density at radius 2 is 1.90 bits per heavy atom. The second-order valence-corrected chi connectivity index (χ2v) is 6.64. The van der Waals surface area contributed by atoms with Gasteiger partial charge in [0.1, 0.15) is 5.56 Å². The van der Waals surface area contributed by atoms with Crippen LogP contribution in [0.25, 0.3) is 0 Å². The summed E-state index contributed by atoms with van der Waals surface area (Å²) in [4.78, 5) is 35.4. The lowest BCUT2D eigenvalue weighted by Crippen LogP contribution is -2.30. The molecule has 2 rings (SSSR count). The van der Waals surface area contributed by atoms with Crippen LogP contribution >= 0.6 is 11.8 Å². The van der Waals surface area contributed by atoms with Crippen LogP contribution in [0.2, 0.25) is 0 Å². The number of rotatable bonds is 6. The topological polar surface area (TPSA) is 98.5 Å². The van der Waals surface area contributed by atoms with Crippen molar-refractivity contribution in [1.82, 2.24) is 0 Å². The number of anilines is 1. The maximum atomic E-state index is 12.7. The van der Waals surface area contributed by atoms with Gasteiger partial charge in [-0.3, -0.25) is 14.9 Å². The minimum absolute atomic E-state index is 0.136. The number of carbonyl (C=O) groups is 2. The number of nitrogens with one attached hydrogen (secondary N) is 1. The molecule has 0 spiro atoms. The van der Waals surface area contributed by atoms with E-state index in [1.165, 1.54) is 36.9 Å². The van der Waals surface area contributed by atoms with Crippen molar-refractivity contribution in [2.45, 2.75) is 24.1 Å². The molecule has 0 saturated carbocycles. The Kier molecular flexibility index (Phi) is 6.85. The molecule has 1 amide bonds. The van der Waals surface area contributed by atoms with Gasteiger partial charge in [-0.2, -0.15) is 13.2 Å². The van der Waals surface area contributed by atoms with Crippen molar-refractivity contribution in [3.63, 3.8) is 0 Å². The number of nitro groups is 1. The van der Waals surface area contributed by atoms with E-state index in [4.69, 9.17) is 4.74 Å². The van der Waals surface area contributed by atoms with E-state index in [1.807, 2.05) is 0 Å². The van der Waals surface area contributed by atoms with Crippen LogP contribution in [0.3, 0.4) is 0 Å². The van der Waals surface area contributed by atoms with Gasteiger partial charge >= 0.3 is 12.1 Å². The van der Waals surface area contributed by atoms with Crippen molar-refractivity contribution >= 4 is 35.0 Å². The van der Waals surface area contributed by atoms with Gasteiger partial charge in [0.05, 0.1) is 10.5 Å². The number of nitro benzene ring substituents is 1. The van der Waals surface area contributed by atoms with Crippen molar-refractivity contribution in [2.75, 3.05) is 11.6 Å². The van der Waals surface area contributed by atoms with E-state index >= 15 is 0 Å². The zero-order valence-corrected chi connectivity index (χ0v) is 16.0. The Labute approximate surface area is 167 Å². The zero-order valence-electron chi connectivity index (χ0n) is 15.1. The second-order valence-electron chi connectivity index (χ2n) is 5.76. The molecule has 0 fully saturated rings. The molecule has 0 aromatic heterocycles. The third-order valence-electron chi connectivity index (χ3n) is 3.73. The molecule has 154 valence electrons. The van der Waals surface area contributed by atoms with E-state index in [-0.39, 0.29) is 11.3 Å². The second kappa shape index (κ2) is 8.95. The molecule has 0 aliphatic heterocycles. The molecular formula is C18H15F3N2O5S. The predicted octanol–water partition coefficient (Wildman–Crippen LogP) is 4.52. The van der Waals surface area contributed by atoms with Crippen LogP contribution in [0.1, 0.15) is 22.8 Å². The average molecular weight is 428 g/mol. The number of nitrogens with zero attached hydrogens (tertiary/aromatic N) is 1. The molecule has 1 N–H and O–H groups in total. The van der Waals surface area contributed by atoms with Gasteiger partial charge in [-0.25, -0.2) is 4.79 Å². The fraction of sp³-hybridized carbons (Fsp3) is 0.222. The summed E-state index contributed by atoms with van der Waals surface area (Å²) >= 11 is 1.25. The number of ether oxygens (including phenoxy) is 1. The fourth-order valence-electron chi connectivity index (χ4n) is 2.26. The first kappa shape index (κ1) is 22.2. The monoisotopic (exact) mass is 428 g/mol. The third-order valence-corrected chi connectivity index (χ3v) is 4.46. The van der Waals surface area contributed by atoms with E-state index in [0.717, 1.165) is 24.3 Å². The molecule has 0 aliphatic rings. The zero-order chi connectivity index (χ0) is 21.8. The standard InChI is InChI=1S/C18H15F3N2O5S/c1-10(16(24)22-12-5-3-4-11(8-12)18(19,20)21)28-17(25)14-9-13(29-2)6-7-15(14)23(26)27/h3-10H,1-2H3,(H,22,24). The number of thioether (sulfide) groups is 1.